The fourth-order valence-electron chi connectivity index (χ4n) is 2.80. The van der Waals surface area contributed by atoms with E-state index >= 15 is 0 Å². The van der Waals surface area contributed by atoms with Crippen LogP contribution < -0.4 is 5.73 Å². The molecule has 0 saturated heterocycles. The Labute approximate surface area is 121 Å². The highest BCUT2D eigenvalue weighted by molar-refractivity contribution is 5.08. The third-order valence-corrected chi connectivity index (χ3v) is 4.22. The van der Waals surface area contributed by atoms with E-state index < -0.39 is 5.54 Å². The van der Waals surface area contributed by atoms with Crippen molar-refractivity contribution < 1.29 is 9.26 Å². The van der Waals surface area contributed by atoms with Gasteiger partial charge in [-0.1, -0.05) is 25.4 Å². The number of nitrogens with zero attached hydrogens (tertiary/aromatic N) is 2. The number of hydrogen-bond donors (Lipinski definition) is 1. The van der Waals surface area contributed by atoms with Crippen molar-refractivity contribution >= 4 is 0 Å². The van der Waals surface area contributed by atoms with Crippen molar-refractivity contribution in [1.29, 1.82) is 0 Å². The lowest BCUT2D eigenvalue weighted by Gasteiger charge is -2.24. The number of aromatic nitrogens is 2. The van der Waals surface area contributed by atoms with Gasteiger partial charge >= 0.3 is 0 Å². The zero-order valence-electron chi connectivity index (χ0n) is 13.3. The van der Waals surface area contributed by atoms with Crippen molar-refractivity contribution in [2.24, 2.45) is 11.1 Å². The summed E-state index contributed by atoms with van der Waals surface area (Å²) in [4.78, 5) is 4.55. The molecule has 1 heterocycles. The van der Waals surface area contributed by atoms with Crippen LogP contribution in [0, 0.1) is 5.41 Å². The topological polar surface area (TPSA) is 74.2 Å². The molecule has 0 aromatic carbocycles. The van der Waals surface area contributed by atoms with Crippen molar-refractivity contribution in [3.05, 3.63) is 11.7 Å². The van der Waals surface area contributed by atoms with Crippen LogP contribution in [0.3, 0.4) is 0 Å². The highest BCUT2D eigenvalue weighted by Gasteiger charge is 2.40. The Hall–Kier alpha value is -0.940. The molecule has 2 N–H and O–H groups in total. The van der Waals surface area contributed by atoms with Gasteiger partial charge in [0.25, 0.3) is 0 Å². The minimum Gasteiger partial charge on any atom is -0.376 e. The molecule has 5 heteroatoms. The summed E-state index contributed by atoms with van der Waals surface area (Å²) < 4.78 is 11.1. The van der Waals surface area contributed by atoms with Gasteiger partial charge in [0.2, 0.25) is 5.89 Å². The summed E-state index contributed by atoms with van der Waals surface area (Å²) in [5.74, 6) is 1.60. The Morgan fingerprint density at radius 3 is 2.75 bits per heavy atom. The molecule has 1 aliphatic carbocycles. The molecule has 0 amide bonds. The second-order valence-corrected chi connectivity index (χ2v) is 7.17. The van der Waals surface area contributed by atoms with E-state index in [1.165, 1.54) is 12.8 Å². The molecule has 5 nitrogen and oxygen atoms in total. The van der Waals surface area contributed by atoms with E-state index in [9.17, 15) is 0 Å². The summed E-state index contributed by atoms with van der Waals surface area (Å²) in [5.41, 5.74) is 5.77. The lowest BCUT2D eigenvalue weighted by molar-refractivity contribution is 0.0410. The molecule has 1 aromatic heterocycles. The third kappa shape index (κ3) is 3.20. The van der Waals surface area contributed by atoms with Gasteiger partial charge in [-0.2, -0.15) is 4.98 Å². The van der Waals surface area contributed by atoms with E-state index in [0.717, 1.165) is 12.3 Å². The lowest BCUT2D eigenvalue weighted by Crippen LogP contribution is -2.40. The maximum atomic E-state index is 6.26. The summed E-state index contributed by atoms with van der Waals surface area (Å²) >= 11 is 0. The smallest absolute Gasteiger partial charge is 0.230 e. The molecular formula is C15H27N3O2. The Kier molecular flexibility index (Phi) is 4.21. The van der Waals surface area contributed by atoms with Gasteiger partial charge in [-0.3, -0.25) is 0 Å². The van der Waals surface area contributed by atoms with Crippen LogP contribution in [-0.4, -0.2) is 22.9 Å². The monoisotopic (exact) mass is 281 g/mol. The predicted molar refractivity (Wildman–Crippen MR) is 77.3 cm³/mol. The largest absolute Gasteiger partial charge is 0.376 e. The molecule has 114 valence electrons. The lowest BCUT2D eigenvalue weighted by atomic mass is 9.82. The predicted octanol–water partition coefficient (Wildman–Crippen LogP) is 2.96. The molecule has 1 aliphatic rings. The van der Waals surface area contributed by atoms with Crippen LogP contribution in [0.25, 0.3) is 0 Å². The maximum absolute atomic E-state index is 6.26. The molecule has 2 atom stereocenters. The number of hydrogen-bond acceptors (Lipinski definition) is 5. The third-order valence-electron chi connectivity index (χ3n) is 4.22. The molecule has 20 heavy (non-hydrogen) atoms. The SMILES string of the molecule is CC(C)OCC(C)(N)c1noc(C2CCCC2(C)C)n1. The molecule has 0 aliphatic heterocycles. The van der Waals surface area contributed by atoms with Gasteiger partial charge in [0.1, 0.15) is 5.54 Å². The molecule has 1 saturated carbocycles. The molecule has 0 radical (unpaired) electrons. The first-order valence-corrected chi connectivity index (χ1v) is 7.47. The summed E-state index contributed by atoms with van der Waals surface area (Å²) in [5, 5.41) is 4.08. The average molecular weight is 281 g/mol. The van der Waals surface area contributed by atoms with Crippen molar-refractivity contribution in [2.75, 3.05) is 6.61 Å². The zero-order chi connectivity index (χ0) is 15.0. The van der Waals surface area contributed by atoms with Gasteiger partial charge < -0.3 is 15.0 Å². The molecule has 2 rings (SSSR count). The molecule has 1 aromatic rings. The summed E-state index contributed by atoms with van der Waals surface area (Å²) in [6.07, 6.45) is 3.66. The first-order valence-electron chi connectivity index (χ1n) is 7.47. The summed E-state index contributed by atoms with van der Waals surface area (Å²) in [6.45, 7) is 10.8. The number of rotatable bonds is 5. The van der Waals surface area contributed by atoms with E-state index in [-0.39, 0.29) is 11.5 Å². The standard InChI is InChI=1S/C15H27N3O2/c1-10(2)19-9-15(5,16)13-17-12(20-18-13)11-7-6-8-14(11,3)4/h10-11H,6-9,16H2,1-5H3. The fraction of sp³-hybridized carbons (Fsp3) is 0.867. The zero-order valence-corrected chi connectivity index (χ0v) is 13.3. The van der Waals surface area contributed by atoms with E-state index in [4.69, 9.17) is 15.0 Å². The van der Waals surface area contributed by atoms with Crippen molar-refractivity contribution in [3.8, 4) is 0 Å². The van der Waals surface area contributed by atoms with Gasteiger partial charge in [-0.05, 0) is 39.0 Å². The van der Waals surface area contributed by atoms with Gasteiger partial charge in [-0.15, -0.1) is 0 Å². The highest BCUT2D eigenvalue weighted by Crippen LogP contribution is 2.48. The minimum atomic E-state index is -0.714. The van der Waals surface area contributed by atoms with Gasteiger partial charge in [0.15, 0.2) is 5.82 Å². The normalized spacial score (nSPS) is 25.1. The fourth-order valence-corrected chi connectivity index (χ4v) is 2.80. The van der Waals surface area contributed by atoms with Crippen LogP contribution in [0.1, 0.15) is 71.5 Å². The summed E-state index contributed by atoms with van der Waals surface area (Å²) in [7, 11) is 0. The molecule has 0 bridgehead atoms. The molecule has 1 fully saturated rings. The first-order chi connectivity index (χ1) is 9.22. The van der Waals surface area contributed by atoms with Crippen molar-refractivity contribution in [1.82, 2.24) is 10.1 Å². The van der Waals surface area contributed by atoms with E-state index in [1.54, 1.807) is 0 Å². The quantitative estimate of drug-likeness (QED) is 0.898. The molecular weight excluding hydrogens is 254 g/mol. The molecule has 2 unspecified atom stereocenters. The van der Waals surface area contributed by atoms with Crippen LogP contribution >= 0.6 is 0 Å². The van der Waals surface area contributed by atoms with Crippen molar-refractivity contribution in [3.63, 3.8) is 0 Å². The van der Waals surface area contributed by atoms with Gasteiger partial charge in [0.05, 0.1) is 12.7 Å². The Morgan fingerprint density at radius 2 is 2.20 bits per heavy atom. The van der Waals surface area contributed by atoms with E-state index in [1.807, 2.05) is 20.8 Å². The molecule has 0 spiro atoms. The van der Waals surface area contributed by atoms with Crippen LogP contribution in [0.15, 0.2) is 4.52 Å². The Morgan fingerprint density at radius 1 is 1.50 bits per heavy atom. The van der Waals surface area contributed by atoms with E-state index in [0.29, 0.717) is 18.3 Å². The second-order valence-electron chi connectivity index (χ2n) is 7.17. The van der Waals surface area contributed by atoms with Crippen LogP contribution in [0.5, 0.6) is 0 Å². The van der Waals surface area contributed by atoms with Crippen LogP contribution in [0.4, 0.5) is 0 Å². The first kappa shape index (κ1) is 15.4. The van der Waals surface area contributed by atoms with Crippen LogP contribution in [0.2, 0.25) is 0 Å². The maximum Gasteiger partial charge on any atom is 0.230 e. The summed E-state index contributed by atoms with van der Waals surface area (Å²) in [6, 6.07) is 0. The van der Waals surface area contributed by atoms with Crippen LogP contribution in [-0.2, 0) is 10.3 Å². The minimum absolute atomic E-state index is 0.137. The number of ether oxygens (including phenoxy) is 1. The Balaban J connectivity index is 2.12. The van der Waals surface area contributed by atoms with Gasteiger partial charge in [-0.25, -0.2) is 0 Å². The highest BCUT2D eigenvalue weighted by atomic mass is 16.5. The van der Waals surface area contributed by atoms with E-state index in [2.05, 4.69) is 24.0 Å². The average Bonchev–Trinajstić information content (AvgIpc) is 2.92. The van der Waals surface area contributed by atoms with Crippen molar-refractivity contribution in [2.45, 2.75) is 71.4 Å². The number of nitrogens with two attached hydrogens (primary N) is 1. The second kappa shape index (κ2) is 5.45. The Bertz CT molecular complexity index is 452. The van der Waals surface area contributed by atoms with Gasteiger partial charge in [0, 0.05) is 5.92 Å².